The Hall–Kier alpha value is -4.36. The second-order valence-corrected chi connectivity index (χ2v) is 15.4. The molecule has 2 heteroatoms. The molecule has 0 spiro atoms. The van der Waals surface area contributed by atoms with E-state index >= 15 is 0 Å². The fraction of sp³-hybridized carbons (Fsp3) is 0.214. The standard InChI is InChI=1S/2C27H27.2CH3.Si.Zr/c2*1-4-5-6-21-17-26-24(22-11-7-19(2)8-12-22)15-16-25(27(26)18-21)23-13-9-20(3)10-14-23;;;;/h2*7-18H,4-6H2,1-3H3;2*1H3;;/q4*-1;;. The van der Waals surface area contributed by atoms with Gasteiger partial charge in [0.2, 0.25) is 0 Å². The van der Waals surface area contributed by atoms with Gasteiger partial charge in [-0.1, -0.05) is 216 Å². The molecule has 8 aromatic carbocycles. The predicted octanol–water partition coefficient (Wildman–Crippen LogP) is 16.2. The van der Waals surface area contributed by atoms with Gasteiger partial charge in [0.1, 0.15) is 0 Å². The molecule has 0 heterocycles. The van der Waals surface area contributed by atoms with Crippen LogP contribution in [-0.2, 0) is 36.2 Å². The van der Waals surface area contributed by atoms with Crippen molar-refractivity contribution in [2.75, 3.05) is 0 Å². The summed E-state index contributed by atoms with van der Waals surface area (Å²) in [6.45, 7) is 16.2. The van der Waals surface area contributed by atoms with Crippen molar-refractivity contribution >= 4 is 28.4 Å². The second kappa shape index (κ2) is 22.1. The Bertz CT molecular complexity index is 2130. The molecule has 0 N–H and O–H groups in total. The van der Waals surface area contributed by atoms with E-state index in [9.17, 15) is 0 Å². The van der Waals surface area contributed by atoms with E-state index in [0.29, 0.717) is 0 Å². The summed E-state index contributed by atoms with van der Waals surface area (Å²) in [4.78, 5) is 0. The van der Waals surface area contributed by atoms with E-state index in [-0.39, 0.29) is 14.9 Å². The Kier molecular flexibility index (Phi) is 17.7. The van der Waals surface area contributed by atoms with Crippen molar-refractivity contribution in [1.29, 1.82) is 0 Å². The molecule has 0 saturated carbocycles. The van der Waals surface area contributed by atoms with Gasteiger partial charge in [-0.3, -0.25) is 0 Å². The van der Waals surface area contributed by atoms with Gasteiger partial charge >= 0.3 is 30.2 Å². The summed E-state index contributed by atoms with van der Waals surface area (Å²) < 4.78 is 0. The molecule has 0 fully saturated rings. The van der Waals surface area contributed by atoms with Gasteiger partial charge in [-0.25, -0.2) is 0 Å². The van der Waals surface area contributed by atoms with Crippen LogP contribution in [0.15, 0.2) is 146 Å². The van der Waals surface area contributed by atoms with E-state index in [2.05, 4.69) is 194 Å². The van der Waals surface area contributed by atoms with Gasteiger partial charge in [-0.2, -0.15) is 12.1 Å². The van der Waals surface area contributed by atoms with Crippen LogP contribution in [0.4, 0.5) is 0 Å². The molecule has 8 rings (SSSR count). The van der Waals surface area contributed by atoms with Crippen molar-refractivity contribution < 1.29 is 23.3 Å². The van der Waals surface area contributed by atoms with E-state index < -0.39 is 0 Å². The second-order valence-electron chi connectivity index (χ2n) is 15.4. The predicted molar refractivity (Wildman–Crippen MR) is 256 cm³/mol. The van der Waals surface area contributed by atoms with E-state index in [1.165, 1.54) is 148 Å². The summed E-state index contributed by atoms with van der Waals surface area (Å²) in [5, 5.41) is 5.51. The van der Waals surface area contributed by atoms with Gasteiger partial charge in [0.15, 0.2) is 0 Å². The summed E-state index contributed by atoms with van der Waals surface area (Å²) in [6, 6.07) is 54.4. The molecule has 2 radical (unpaired) electrons. The topological polar surface area (TPSA) is 0 Å². The number of unbranched alkanes of at least 4 members (excludes halogenated alkanes) is 2. The van der Waals surface area contributed by atoms with Crippen molar-refractivity contribution in [3.63, 3.8) is 0 Å². The molecule has 0 nitrogen and oxygen atoms in total. The molecule has 0 atom stereocenters. The van der Waals surface area contributed by atoms with Crippen molar-refractivity contribution in [2.24, 2.45) is 0 Å². The van der Waals surface area contributed by atoms with Crippen LogP contribution < -0.4 is 0 Å². The zero-order valence-corrected chi connectivity index (χ0v) is 39.6. The molecular weight excluding hydrogens is 792 g/mol. The molecule has 0 amide bonds. The van der Waals surface area contributed by atoms with Crippen molar-refractivity contribution in [3.8, 4) is 44.5 Å². The molecule has 58 heavy (non-hydrogen) atoms. The minimum atomic E-state index is 0. The van der Waals surface area contributed by atoms with Crippen LogP contribution in [0, 0.1) is 42.5 Å². The average Bonchev–Trinajstić information content (AvgIpc) is 3.86. The Labute approximate surface area is 367 Å². The molecule has 0 aliphatic heterocycles. The third-order valence-corrected chi connectivity index (χ3v) is 11.0. The Morgan fingerprint density at radius 2 is 0.655 bits per heavy atom. The molecule has 296 valence electrons. The summed E-state index contributed by atoms with van der Waals surface area (Å²) in [5.74, 6) is 0. The molecule has 0 aliphatic carbocycles. The van der Waals surface area contributed by atoms with Crippen LogP contribution in [0.2, 0.25) is 0 Å². The maximum atomic E-state index is 3.06. The van der Waals surface area contributed by atoms with Gasteiger partial charge in [-0.05, 0) is 51.7 Å². The maximum absolute atomic E-state index is 3.06. The first kappa shape index (κ1) is 46.3. The summed E-state index contributed by atoms with van der Waals surface area (Å²) in [7, 11) is 0. The van der Waals surface area contributed by atoms with Crippen LogP contribution in [0.3, 0.4) is 0 Å². The van der Waals surface area contributed by atoms with Crippen LogP contribution in [0.1, 0.15) is 72.9 Å². The number of hydrogen-bond acceptors (Lipinski definition) is 0. The molecule has 8 aromatic rings. The first-order chi connectivity index (χ1) is 27.3. The minimum absolute atomic E-state index is 0. The van der Waals surface area contributed by atoms with Crippen molar-refractivity contribution in [3.05, 3.63) is 194 Å². The van der Waals surface area contributed by atoms with E-state index in [1.54, 1.807) is 0 Å². The zero-order chi connectivity index (χ0) is 39.6. The van der Waals surface area contributed by atoms with Crippen LogP contribution in [0.5, 0.6) is 0 Å². The van der Waals surface area contributed by atoms with Crippen molar-refractivity contribution in [2.45, 2.75) is 80.1 Å². The monoisotopic (exact) mass is 850 g/mol. The van der Waals surface area contributed by atoms with E-state index in [4.69, 9.17) is 0 Å². The Morgan fingerprint density at radius 1 is 0.397 bits per heavy atom. The molecule has 0 bridgehead atoms. The number of hydrogen-bond donors (Lipinski definition) is 0. The van der Waals surface area contributed by atoms with Gasteiger partial charge in [0, 0.05) is 0 Å². The Balaban J connectivity index is 0.000000238. The number of benzene rings is 6. The molecule has 0 aliphatic rings. The fourth-order valence-electron chi connectivity index (χ4n) is 7.71. The molecule has 0 saturated heterocycles. The SMILES string of the molecule is CCCCc1cc2c(-c3ccc(C)cc3)ccc(-c3ccc(C)cc3)c2[cH-]1.CCCCc1cc2c(-c3ccc(C)cc3)ccc(-c3ccc(C)cc3)c2[cH-]1.[CH3-].[CH3-].[Si]=[Zr]. The van der Waals surface area contributed by atoms with E-state index in [1.807, 2.05) is 0 Å². The molecule has 0 aromatic heterocycles. The number of aryl methyl sites for hydroxylation is 6. The first-order valence-corrected chi connectivity index (χ1v) is 24.5. The van der Waals surface area contributed by atoms with Crippen molar-refractivity contribution in [1.82, 2.24) is 0 Å². The summed E-state index contributed by atoms with van der Waals surface area (Å²) in [6.07, 6.45) is 7.28. The zero-order valence-electron chi connectivity index (χ0n) is 36.1. The number of rotatable bonds is 10. The van der Waals surface area contributed by atoms with Crippen LogP contribution in [0.25, 0.3) is 66.1 Å². The summed E-state index contributed by atoms with van der Waals surface area (Å²) >= 11 is 1.36. The third kappa shape index (κ3) is 11.0. The molecule has 0 unspecified atom stereocenters. The number of fused-ring (bicyclic) bond motifs is 2. The van der Waals surface area contributed by atoms with Crippen LogP contribution >= 0.6 is 0 Å². The van der Waals surface area contributed by atoms with Gasteiger partial charge in [0.05, 0.1) is 0 Å². The quantitative estimate of drug-likeness (QED) is 0.0950. The Morgan fingerprint density at radius 3 is 0.931 bits per heavy atom. The average molecular weight is 852 g/mol. The third-order valence-electron chi connectivity index (χ3n) is 11.0. The van der Waals surface area contributed by atoms with Gasteiger partial charge in [-0.15, -0.1) is 44.8 Å². The van der Waals surface area contributed by atoms with Crippen LogP contribution in [-0.4, -0.2) is 6.88 Å². The van der Waals surface area contributed by atoms with Gasteiger partial charge in [0.25, 0.3) is 0 Å². The normalized spacial score (nSPS) is 10.5. The van der Waals surface area contributed by atoms with E-state index in [0.717, 1.165) is 12.8 Å². The van der Waals surface area contributed by atoms with Gasteiger partial charge < -0.3 is 14.9 Å². The first-order valence-electron chi connectivity index (χ1n) is 20.3. The fourth-order valence-corrected chi connectivity index (χ4v) is 7.71. The summed E-state index contributed by atoms with van der Waals surface area (Å²) in [5.41, 5.74) is 18.7. The molecular formula is C56H60SiZr-4.